The summed E-state index contributed by atoms with van der Waals surface area (Å²) < 4.78 is 5.70. The second kappa shape index (κ2) is 8.67. The van der Waals surface area contributed by atoms with Crippen molar-refractivity contribution in [3.05, 3.63) is 71.3 Å². The second-order valence-electron chi connectivity index (χ2n) is 6.49. The van der Waals surface area contributed by atoms with E-state index in [2.05, 4.69) is 58.9 Å². The van der Waals surface area contributed by atoms with Crippen LogP contribution in [0.3, 0.4) is 0 Å². The molecule has 0 aromatic heterocycles. The van der Waals surface area contributed by atoms with Crippen LogP contribution >= 0.6 is 0 Å². The predicted molar refractivity (Wildman–Crippen MR) is 103 cm³/mol. The highest BCUT2D eigenvalue weighted by Gasteiger charge is 2.39. The fourth-order valence-corrected chi connectivity index (χ4v) is 3.08. The van der Waals surface area contributed by atoms with Gasteiger partial charge in [-0.2, -0.15) is 0 Å². The van der Waals surface area contributed by atoms with Gasteiger partial charge in [0, 0.05) is 25.6 Å². The highest BCUT2D eigenvalue weighted by molar-refractivity contribution is 5.80. The van der Waals surface area contributed by atoms with E-state index in [9.17, 15) is 0 Å². The number of ether oxygens (including phenoxy) is 1. The van der Waals surface area contributed by atoms with Crippen LogP contribution < -0.4 is 10.6 Å². The van der Waals surface area contributed by atoms with Gasteiger partial charge in [0.15, 0.2) is 5.96 Å². The summed E-state index contributed by atoms with van der Waals surface area (Å²) in [6, 6.07) is 19.3. The fourth-order valence-electron chi connectivity index (χ4n) is 3.08. The molecule has 2 aromatic carbocycles. The smallest absolute Gasteiger partial charge is 0.191 e. The van der Waals surface area contributed by atoms with Crippen LogP contribution in [0.25, 0.3) is 0 Å². The average Bonchev–Trinajstić information content (AvgIpc) is 3.40. The summed E-state index contributed by atoms with van der Waals surface area (Å²) in [4.78, 5) is 4.31. The van der Waals surface area contributed by atoms with Gasteiger partial charge in [-0.25, -0.2) is 0 Å². The summed E-state index contributed by atoms with van der Waals surface area (Å²) >= 11 is 0. The minimum atomic E-state index is 0.470. The summed E-state index contributed by atoms with van der Waals surface area (Å²) in [6.07, 6.45) is 1.16. The van der Waals surface area contributed by atoms with Crippen molar-refractivity contribution < 1.29 is 4.74 Å². The van der Waals surface area contributed by atoms with Gasteiger partial charge >= 0.3 is 0 Å². The Hall–Kier alpha value is -2.33. The first-order valence-corrected chi connectivity index (χ1v) is 8.92. The number of hydrogen-bond acceptors (Lipinski definition) is 2. The maximum absolute atomic E-state index is 5.70. The quantitative estimate of drug-likeness (QED) is 0.463. The van der Waals surface area contributed by atoms with Gasteiger partial charge in [-0.15, -0.1) is 0 Å². The fraction of sp³-hybridized carbons (Fsp3) is 0.381. The molecule has 0 amide bonds. The number of hydrogen-bond donors (Lipinski definition) is 2. The van der Waals surface area contributed by atoms with Crippen LogP contribution in [0.5, 0.6) is 0 Å². The third-order valence-electron chi connectivity index (χ3n) is 4.57. The number of nitrogens with one attached hydrogen (secondary N) is 2. The molecular formula is C21H27N3O. The Morgan fingerprint density at radius 2 is 1.88 bits per heavy atom. The molecule has 1 aliphatic carbocycles. The average molecular weight is 337 g/mol. The van der Waals surface area contributed by atoms with Gasteiger partial charge in [0.2, 0.25) is 0 Å². The molecule has 4 heteroatoms. The first kappa shape index (κ1) is 17.5. The first-order valence-electron chi connectivity index (χ1n) is 8.92. The number of nitrogens with zero attached hydrogens (tertiary/aromatic N) is 1. The Balaban J connectivity index is 1.36. The van der Waals surface area contributed by atoms with Crippen molar-refractivity contribution in [2.75, 3.05) is 20.2 Å². The molecule has 0 heterocycles. The first-order chi connectivity index (χ1) is 12.3. The maximum Gasteiger partial charge on any atom is 0.191 e. The highest BCUT2D eigenvalue weighted by Crippen LogP contribution is 2.41. The van der Waals surface area contributed by atoms with Crippen molar-refractivity contribution in [1.82, 2.24) is 10.6 Å². The minimum absolute atomic E-state index is 0.470. The van der Waals surface area contributed by atoms with Crippen molar-refractivity contribution in [2.45, 2.75) is 31.9 Å². The largest absolute Gasteiger partial charge is 0.375 e. The minimum Gasteiger partial charge on any atom is -0.375 e. The molecule has 2 atom stereocenters. The van der Waals surface area contributed by atoms with Crippen LogP contribution in [0.15, 0.2) is 59.6 Å². The van der Waals surface area contributed by atoms with Crippen molar-refractivity contribution in [3.63, 3.8) is 0 Å². The number of aliphatic imine (C=N–C) groups is 1. The normalized spacial score (nSPS) is 19.5. The molecule has 1 fully saturated rings. The summed E-state index contributed by atoms with van der Waals surface area (Å²) in [6.45, 7) is 4.23. The van der Waals surface area contributed by atoms with Crippen molar-refractivity contribution in [1.29, 1.82) is 0 Å². The van der Waals surface area contributed by atoms with E-state index >= 15 is 0 Å². The number of rotatable bonds is 7. The number of aryl methyl sites for hydroxylation is 1. The van der Waals surface area contributed by atoms with Gasteiger partial charge in [0.1, 0.15) is 0 Å². The lowest BCUT2D eigenvalue weighted by atomic mass is 10.0. The molecule has 2 N–H and O–H groups in total. The van der Waals surface area contributed by atoms with Crippen LogP contribution in [0.2, 0.25) is 0 Å². The molecule has 25 heavy (non-hydrogen) atoms. The van der Waals surface area contributed by atoms with Crippen LogP contribution in [-0.2, 0) is 11.3 Å². The van der Waals surface area contributed by atoms with E-state index in [4.69, 9.17) is 4.74 Å². The van der Waals surface area contributed by atoms with Crippen LogP contribution in [0, 0.1) is 6.92 Å². The standard InChI is InChI=1S/C21H27N3O/c1-16-8-6-7-11-18(16)19-14-20(19)24-21(22-2)23-12-13-25-15-17-9-4-3-5-10-17/h3-11,19-20H,12-15H2,1-2H3,(H2,22,23,24). The van der Waals surface area contributed by atoms with Gasteiger partial charge in [-0.05, 0) is 30.0 Å². The lowest BCUT2D eigenvalue weighted by molar-refractivity contribution is 0.125. The van der Waals surface area contributed by atoms with E-state index in [0.717, 1.165) is 18.9 Å². The number of guanidine groups is 1. The molecule has 0 saturated heterocycles. The summed E-state index contributed by atoms with van der Waals surface area (Å²) in [5.74, 6) is 1.44. The Labute approximate surface area is 150 Å². The van der Waals surface area contributed by atoms with Crippen molar-refractivity contribution >= 4 is 5.96 Å². The lowest BCUT2D eigenvalue weighted by Gasteiger charge is -2.12. The molecule has 0 aliphatic heterocycles. The van der Waals surface area contributed by atoms with Crippen LogP contribution in [0.4, 0.5) is 0 Å². The molecule has 2 aromatic rings. The van der Waals surface area contributed by atoms with Crippen molar-refractivity contribution in [3.8, 4) is 0 Å². The molecule has 0 bridgehead atoms. The Bertz CT molecular complexity index is 699. The lowest BCUT2D eigenvalue weighted by Crippen LogP contribution is -2.40. The second-order valence-corrected chi connectivity index (χ2v) is 6.49. The molecule has 1 aliphatic rings. The molecule has 3 rings (SSSR count). The Kier molecular flexibility index (Phi) is 6.07. The highest BCUT2D eigenvalue weighted by atomic mass is 16.5. The molecule has 4 nitrogen and oxygen atoms in total. The molecular weight excluding hydrogens is 310 g/mol. The monoisotopic (exact) mass is 337 g/mol. The van der Waals surface area contributed by atoms with Gasteiger partial charge in [-0.3, -0.25) is 4.99 Å². The molecule has 0 radical (unpaired) electrons. The summed E-state index contributed by atoms with van der Waals surface area (Å²) in [7, 11) is 1.81. The van der Waals surface area contributed by atoms with Crippen LogP contribution in [0.1, 0.15) is 29.0 Å². The van der Waals surface area contributed by atoms with Gasteiger partial charge in [-0.1, -0.05) is 54.6 Å². The Morgan fingerprint density at radius 3 is 2.64 bits per heavy atom. The third kappa shape index (κ3) is 5.07. The van der Waals surface area contributed by atoms with E-state index < -0.39 is 0 Å². The zero-order valence-corrected chi connectivity index (χ0v) is 15.0. The van der Waals surface area contributed by atoms with E-state index in [1.165, 1.54) is 16.7 Å². The summed E-state index contributed by atoms with van der Waals surface area (Å²) in [5, 5.41) is 6.84. The van der Waals surface area contributed by atoms with Gasteiger partial charge < -0.3 is 15.4 Å². The molecule has 0 spiro atoms. The molecule has 1 saturated carbocycles. The third-order valence-corrected chi connectivity index (χ3v) is 4.57. The zero-order valence-electron chi connectivity index (χ0n) is 15.0. The van der Waals surface area contributed by atoms with E-state index in [1.807, 2.05) is 25.2 Å². The molecule has 132 valence electrons. The predicted octanol–water partition coefficient (Wildman–Crippen LogP) is 3.23. The summed E-state index contributed by atoms with van der Waals surface area (Å²) in [5.41, 5.74) is 4.01. The van der Waals surface area contributed by atoms with Crippen LogP contribution in [-0.4, -0.2) is 32.2 Å². The topological polar surface area (TPSA) is 45.7 Å². The van der Waals surface area contributed by atoms with Gasteiger partial charge in [0.25, 0.3) is 0 Å². The Morgan fingerprint density at radius 1 is 1.12 bits per heavy atom. The van der Waals surface area contributed by atoms with E-state index in [0.29, 0.717) is 25.2 Å². The SMILES string of the molecule is CN=C(NCCOCc1ccccc1)NC1CC1c1ccccc1C. The molecule has 2 unspecified atom stereocenters. The maximum atomic E-state index is 5.70. The number of benzene rings is 2. The van der Waals surface area contributed by atoms with E-state index in [1.54, 1.807) is 0 Å². The zero-order chi connectivity index (χ0) is 17.5. The van der Waals surface area contributed by atoms with Gasteiger partial charge in [0.05, 0.1) is 13.2 Å². The van der Waals surface area contributed by atoms with Crippen molar-refractivity contribution in [2.24, 2.45) is 4.99 Å². The van der Waals surface area contributed by atoms with E-state index in [-0.39, 0.29) is 0 Å².